The number of Topliss-reactive ketones (excluding diaryl/α,β-unsaturated/α-hetero) is 1. The number of nitrogens with one attached hydrogen (secondary N) is 1. The highest BCUT2D eigenvalue weighted by atomic mass is 16.5. The number of aliphatic hydroxyl groups excluding tert-OH is 1. The predicted octanol–water partition coefficient (Wildman–Crippen LogP) is 5.64. The third-order valence-electron chi connectivity index (χ3n) is 6.93. The van der Waals surface area contributed by atoms with Gasteiger partial charge in [-0.05, 0) is 59.0 Å². The first-order valence-electron chi connectivity index (χ1n) is 13.0. The predicted molar refractivity (Wildman–Crippen MR) is 158 cm³/mol. The van der Waals surface area contributed by atoms with E-state index in [1.165, 1.54) is 18.9 Å². The number of carbonyl (C=O) groups is 3. The van der Waals surface area contributed by atoms with Crippen molar-refractivity contribution in [2.24, 2.45) is 0 Å². The zero-order valence-electron chi connectivity index (χ0n) is 23.9. The summed E-state index contributed by atoms with van der Waals surface area (Å²) in [6, 6.07) is 18.7. The number of ketones is 1. The van der Waals surface area contributed by atoms with Crippen molar-refractivity contribution in [1.29, 1.82) is 0 Å². The van der Waals surface area contributed by atoms with Crippen molar-refractivity contribution in [1.82, 2.24) is 0 Å². The first kappa shape index (κ1) is 28.4. The van der Waals surface area contributed by atoms with E-state index in [0.29, 0.717) is 28.3 Å². The molecule has 2 N–H and O–H groups in total. The number of rotatable bonds is 6. The Morgan fingerprint density at radius 1 is 1.00 bits per heavy atom. The van der Waals surface area contributed by atoms with Crippen molar-refractivity contribution in [3.8, 4) is 5.75 Å². The standard InChI is InChI=1S/C32H35N3O5/c1-19(36)33-22-9-8-10-24(18-22)35-28(20-11-14-23(15-12-20)34(5)6)27(30(38)31(35)39)29(37)25-17-21(32(2,3)4)13-16-26(25)40-7/h8-18,28,37H,1-7H3,(H,33,36)/b29-27+. The molecule has 2 amide bonds. The Morgan fingerprint density at radius 3 is 2.25 bits per heavy atom. The summed E-state index contributed by atoms with van der Waals surface area (Å²) in [4.78, 5) is 42.3. The number of amides is 2. The Morgan fingerprint density at radius 2 is 1.68 bits per heavy atom. The lowest BCUT2D eigenvalue weighted by atomic mass is 9.85. The maximum Gasteiger partial charge on any atom is 0.300 e. The van der Waals surface area contributed by atoms with Gasteiger partial charge in [0.1, 0.15) is 11.5 Å². The van der Waals surface area contributed by atoms with E-state index in [1.54, 1.807) is 36.4 Å². The van der Waals surface area contributed by atoms with E-state index in [2.05, 4.69) is 5.32 Å². The normalized spacial score (nSPS) is 16.7. The molecule has 0 saturated carbocycles. The largest absolute Gasteiger partial charge is 0.507 e. The third kappa shape index (κ3) is 5.43. The lowest BCUT2D eigenvalue weighted by Gasteiger charge is -2.27. The average molecular weight is 542 g/mol. The van der Waals surface area contributed by atoms with Crippen molar-refractivity contribution in [3.05, 3.63) is 89.0 Å². The summed E-state index contributed by atoms with van der Waals surface area (Å²) in [5, 5.41) is 14.5. The van der Waals surface area contributed by atoms with Crippen LogP contribution in [0.2, 0.25) is 0 Å². The molecule has 1 aliphatic heterocycles. The summed E-state index contributed by atoms with van der Waals surface area (Å²) < 4.78 is 5.55. The molecule has 1 aliphatic rings. The minimum Gasteiger partial charge on any atom is -0.507 e. The Hall–Kier alpha value is -4.59. The first-order valence-corrected chi connectivity index (χ1v) is 13.0. The van der Waals surface area contributed by atoms with E-state index in [9.17, 15) is 19.5 Å². The van der Waals surface area contributed by atoms with Gasteiger partial charge >= 0.3 is 0 Å². The zero-order valence-corrected chi connectivity index (χ0v) is 23.9. The topological polar surface area (TPSA) is 99.2 Å². The van der Waals surface area contributed by atoms with E-state index in [1.807, 2.05) is 70.1 Å². The molecule has 3 aromatic rings. The van der Waals surface area contributed by atoms with E-state index >= 15 is 0 Å². The molecule has 1 heterocycles. The molecule has 8 heteroatoms. The van der Waals surface area contributed by atoms with Gasteiger partial charge in [-0.2, -0.15) is 0 Å². The fourth-order valence-electron chi connectivity index (χ4n) is 4.81. The number of methoxy groups -OCH3 is 1. The van der Waals surface area contributed by atoms with Crippen molar-refractivity contribution >= 4 is 40.4 Å². The summed E-state index contributed by atoms with van der Waals surface area (Å²) in [7, 11) is 5.33. The number of aliphatic hydroxyl groups is 1. The molecule has 0 spiro atoms. The van der Waals surface area contributed by atoms with Gasteiger partial charge in [0.15, 0.2) is 0 Å². The molecule has 40 heavy (non-hydrogen) atoms. The van der Waals surface area contributed by atoms with Gasteiger partial charge in [0, 0.05) is 38.1 Å². The quantitative estimate of drug-likeness (QED) is 0.238. The molecule has 0 aliphatic carbocycles. The van der Waals surface area contributed by atoms with Gasteiger partial charge in [-0.25, -0.2) is 0 Å². The van der Waals surface area contributed by atoms with Crippen LogP contribution >= 0.6 is 0 Å². The smallest absolute Gasteiger partial charge is 0.300 e. The molecule has 3 aromatic carbocycles. The molecule has 0 aromatic heterocycles. The van der Waals surface area contributed by atoms with Crippen LogP contribution in [-0.4, -0.2) is 43.9 Å². The SMILES string of the molecule is COc1ccc(C(C)(C)C)cc1/C(O)=C1\C(=O)C(=O)N(c2cccc(NC(C)=O)c2)C1c1ccc(N(C)C)cc1. The highest BCUT2D eigenvalue weighted by molar-refractivity contribution is 6.51. The van der Waals surface area contributed by atoms with Gasteiger partial charge in [0.25, 0.3) is 11.7 Å². The second-order valence-electron chi connectivity index (χ2n) is 11.1. The molecular weight excluding hydrogens is 506 g/mol. The van der Waals surface area contributed by atoms with Gasteiger partial charge in [-0.1, -0.05) is 45.0 Å². The van der Waals surface area contributed by atoms with E-state index < -0.39 is 17.7 Å². The lowest BCUT2D eigenvalue weighted by molar-refractivity contribution is -0.132. The summed E-state index contributed by atoms with van der Waals surface area (Å²) in [5.41, 5.74) is 3.44. The van der Waals surface area contributed by atoms with Crippen molar-refractivity contribution in [3.63, 3.8) is 0 Å². The molecule has 1 atom stereocenters. The highest BCUT2D eigenvalue weighted by Gasteiger charge is 2.47. The summed E-state index contributed by atoms with van der Waals surface area (Å²) >= 11 is 0. The molecule has 4 rings (SSSR count). The Kier molecular flexibility index (Phi) is 7.73. The van der Waals surface area contributed by atoms with Crippen LogP contribution < -0.4 is 19.9 Å². The van der Waals surface area contributed by atoms with E-state index in [0.717, 1.165) is 11.3 Å². The number of carbonyl (C=O) groups excluding carboxylic acids is 3. The minimum absolute atomic E-state index is 0.0445. The minimum atomic E-state index is -0.924. The van der Waals surface area contributed by atoms with Crippen molar-refractivity contribution < 1.29 is 24.2 Å². The fraction of sp³-hybridized carbons (Fsp3) is 0.281. The molecule has 0 radical (unpaired) electrons. The monoisotopic (exact) mass is 541 g/mol. The number of ether oxygens (including phenoxy) is 1. The number of nitrogens with zero attached hydrogens (tertiary/aromatic N) is 2. The van der Waals surface area contributed by atoms with Crippen molar-refractivity contribution in [2.45, 2.75) is 39.2 Å². The highest BCUT2D eigenvalue weighted by Crippen LogP contribution is 2.44. The van der Waals surface area contributed by atoms with E-state index in [4.69, 9.17) is 4.74 Å². The molecule has 1 fully saturated rings. The van der Waals surface area contributed by atoms with Crippen LogP contribution in [0.15, 0.2) is 72.3 Å². The molecule has 0 bridgehead atoms. The summed E-state index contributed by atoms with van der Waals surface area (Å²) in [6.07, 6.45) is 0. The second kappa shape index (κ2) is 10.9. The van der Waals surface area contributed by atoms with E-state index in [-0.39, 0.29) is 22.7 Å². The zero-order chi connectivity index (χ0) is 29.4. The molecular formula is C32H35N3O5. The van der Waals surface area contributed by atoms with Gasteiger partial charge in [0.2, 0.25) is 5.91 Å². The molecule has 1 saturated heterocycles. The fourth-order valence-corrected chi connectivity index (χ4v) is 4.81. The summed E-state index contributed by atoms with van der Waals surface area (Å²) in [5.74, 6) is -1.79. The van der Waals surface area contributed by atoms with Crippen LogP contribution in [0, 0.1) is 0 Å². The molecule has 8 nitrogen and oxygen atoms in total. The number of hydrogen-bond donors (Lipinski definition) is 2. The van der Waals surface area contributed by atoms with Gasteiger partial charge in [-0.3, -0.25) is 19.3 Å². The van der Waals surface area contributed by atoms with Crippen LogP contribution in [0.4, 0.5) is 17.1 Å². The first-order chi connectivity index (χ1) is 18.8. The van der Waals surface area contributed by atoms with Crippen LogP contribution in [0.25, 0.3) is 5.76 Å². The molecule has 1 unspecified atom stereocenters. The number of benzene rings is 3. The Bertz CT molecular complexity index is 1500. The average Bonchev–Trinajstić information content (AvgIpc) is 3.17. The number of hydrogen-bond acceptors (Lipinski definition) is 6. The van der Waals surface area contributed by atoms with Crippen LogP contribution in [0.1, 0.15) is 50.4 Å². The summed E-state index contributed by atoms with van der Waals surface area (Å²) in [6.45, 7) is 7.54. The van der Waals surface area contributed by atoms with Gasteiger partial charge in [0.05, 0.1) is 24.3 Å². The van der Waals surface area contributed by atoms with Crippen molar-refractivity contribution in [2.75, 3.05) is 36.3 Å². The van der Waals surface area contributed by atoms with Gasteiger partial charge < -0.3 is 20.1 Å². The number of anilines is 3. The third-order valence-corrected chi connectivity index (χ3v) is 6.93. The second-order valence-corrected chi connectivity index (χ2v) is 11.1. The van der Waals surface area contributed by atoms with Gasteiger partial charge in [-0.15, -0.1) is 0 Å². The maximum atomic E-state index is 13.7. The molecule has 208 valence electrons. The van der Waals surface area contributed by atoms with Crippen LogP contribution in [0.3, 0.4) is 0 Å². The Labute approximate surface area is 234 Å². The lowest BCUT2D eigenvalue weighted by Crippen LogP contribution is -2.29. The van der Waals surface area contributed by atoms with Crippen LogP contribution in [-0.2, 0) is 19.8 Å². The van der Waals surface area contributed by atoms with Crippen LogP contribution in [0.5, 0.6) is 5.75 Å². The maximum absolute atomic E-state index is 13.7. The Balaban J connectivity index is 1.98.